The van der Waals surface area contributed by atoms with E-state index in [2.05, 4.69) is 5.10 Å². The van der Waals surface area contributed by atoms with Crippen LogP contribution in [0.4, 0.5) is 0 Å². The van der Waals surface area contributed by atoms with Gasteiger partial charge >= 0.3 is 6.80 Å². The highest BCUT2D eigenvalue weighted by Crippen LogP contribution is 2.60. The molecule has 1 heterocycles. The number of aromatic nitrogens is 2. The number of benzene rings is 1. The molecule has 22 heavy (non-hydrogen) atoms. The van der Waals surface area contributed by atoms with Crippen LogP contribution in [0, 0.1) is 0 Å². The Kier molecular flexibility index (Phi) is 6.38. The third-order valence-electron chi connectivity index (χ3n) is 2.61. The van der Waals surface area contributed by atoms with Gasteiger partial charge in [0.05, 0.1) is 24.7 Å². The van der Waals surface area contributed by atoms with Gasteiger partial charge in [0.2, 0.25) is 0 Å². The molecule has 0 aliphatic carbocycles. The lowest BCUT2D eigenvalue weighted by atomic mass is 10.3. The second-order valence-corrected chi connectivity index (χ2v) is 8.94. The van der Waals surface area contributed by atoms with Crippen molar-refractivity contribution >= 4 is 29.8 Å². The van der Waals surface area contributed by atoms with Gasteiger partial charge < -0.3 is 4.52 Å². The lowest BCUT2D eigenvalue weighted by Crippen LogP contribution is -1.96. The van der Waals surface area contributed by atoms with Crippen LogP contribution in [0.1, 0.15) is 20.3 Å². The molecular formula is C14H18ClN2O3PS. The van der Waals surface area contributed by atoms with Crippen molar-refractivity contribution < 1.29 is 13.6 Å². The van der Waals surface area contributed by atoms with Gasteiger partial charge in [-0.2, -0.15) is 5.10 Å². The molecule has 0 saturated carbocycles. The van der Waals surface area contributed by atoms with E-state index in [0.717, 1.165) is 12.1 Å². The van der Waals surface area contributed by atoms with Crippen LogP contribution in [0.2, 0.25) is 5.02 Å². The second kappa shape index (κ2) is 8.06. The topological polar surface area (TPSA) is 53.4 Å². The van der Waals surface area contributed by atoms with Crippen molar-refractivity contribution in [1.82, 2.24) is 9.78 Å². The average molecular weight is 361 g/mol. The van der Waals surface area contributed by atoms with E-state index in [1.54, 1.807) is 29.9 Å². The zero-order chi connectivity index (χ0) is 16.0. The molecule has 0 radical (unpaired) electrons. The lowest BCUT2D eigenvalue weighted by Gasteiger charge is -2.15. The standard InChI is InChI=1S/C14H18ClN2O3PS/c1-3-9-22-21(18,19-4-2)20-14-10-16-17(11-14)13-7-5-12(15)6-8-13/h5-8,10-11H,3-4,9H2,1-2H3. The summed E-state index contributed by atoms with van der Waals surface area (Å²) in [4.78, 5) is 0. The van der Waals surface area contributed by atoms with Crippen LogP contribution in [0.5, 0.6) is 5.75 Å². The van der Waals surface area contributed by atoms with Crippen LogP contribution in [-0.4, -0.2) is 22.1 Å². The molecule has 0 bridgehead atoms. The summed E-state index contributed by atoms with van der Waals surface area (Å²) in [6, 6.07) is 7.24. The molecule has 0 aliphatic rings. The summed E-state index contributed by atoms with van der Waals surface area (Å²) in [5, 5.41) is 4.86. The van der Waals surface area contributed by atoms with Gasteiger partial charge in [-0.05, 0) is 49.0 Å². The lowest BCUT2D eigenvalue weighted by molar-refractivity contribution is 0.296. The van der Waals surface area contributed by atoms with Gasteiger partial charge in [0, 0.05) is 10.8 Å². The first-order valence-corrected chi connectivity index (χ1v) is 10.5. The molecule has 0 amide bonds. The minimum atomic E-state index is -3.20. The molecule has 1 aromatic heterocycles. The van der Waals surface area contributed by atoms with Crippen LogP contribution in [0.25, 0.3) is 5.69 Å². The molecule has 2 aromatic rings. The minimum absolute atomic E-state index is 0.333. The van der Waals surface area contributed by atoms with Gasteiger partial charge in [-0.1, -0.05) is 18.5 Å². The maximum atomic E-state index is 12.6. The number of rotatable bonds is 8. The Labute approximate surface area is 139 Å². The highest BCUT2D eigenvalue weighted by Gasteiger charge is 2.27. The summed E-state index contributed by atoms with van der Waals surface area (Å²) >= 11 is 7.07. The van der Waals surface area contributed by atoms with Crippen molar-refractivity contribution in [2.24, 2.45) is 0 Å². The largest absolute Gasteiger partial charge is 0.440 e. The van der Waals surface area contributed by atoms with E-state index in [1.807, 2.05) is 19.1 Å². The van der Waals surface area contributed by atoms with E-state index in [9.17, 15) is 4.57 Å². The van der Waals surface area contributed by atoms with E-state index in [-0.39, 0.29) is 0 Å². The third-order valence-corrected chi connectivity index (χ3v) is 6.81. The molecule has 0 aliphatic heterocycles. The van der Waals surface area contributed by atoms with Gasteiger partial charge in [-0.15, -0.1) is 0 Å². The Bertz CT molecular complexity index is 648. The first-order valence-electron chi connectivity index (χ1n) is 6.95. The molecule has 0 saturated heterocycles. The van der Waals surface area contributed by atoms with Gasteiger partial charge in [0.15, 0.2) is 5.75 Å². The molecule has 0 N–H and O–H groups in total. The summed E-state index contributed by atoms with van der Waals surface area (Å²) in [5.74, 6) is 1.12. The number of halogens is 1. The highest BCUT2D eigenvalue weighted by molar-refractivity contribution is 8.55. The van der Waals surface area contributed by atoms with E-state index in [1.165, 1.54) is 17.6 Å². The monoisotopic (exact) mass is 360 g/mol. The van der Waals surface area contributed by atoms with E-state index in [4.69, 9.17) is 20.6 Å². The fourth-order valence-electron chi connectivity index (χ4n) is 1.67. The van der Waals surface area contributed by atoms with E-state index < -0.39 is 6.80 Å². The van der Waals surface area contributed by atoms with Gasteiger partial charge in [0.25, 0.3) is 0 Å². The molecule has 5 nitrogen and oxygen atoms in total. The Balaban J connectivity index is 2.12. The molecule has 1 atom stereocenters. The van der Waals surface area contributed by atoms with Crippen molar-refractivity contribution in [3.8, 4) is 11.4 Å². The van der Waals surface area contributed by atoms with Crippen molar-refractivity contribution in [2.75, 3.05) is 12.4 Å². The minimum Gasteiger partial charge on any atom is -0.414 e. The van der Waals surface area contributed by atoms with Crippen molar-refractivity contribution in [3.05, 3.63) is 41.7 Å². The third kappa shape index (κ3) is 4.78. The molecule has 0 fully saturated rings. The van der Waals surface area contributed by atoms with Gasteiger partial charge in [-0.25, -0.2) is 9.25 Å². The maximum absolute atomic E-state index is 12.6. The SMILES string of the molecule is CCCSP(=O)(OCC)Oc1cnn(-c2ccc(Cl)cc2)c1. The zero-order valence-electron chi connectivity index (χ0n) is 12.4. The van der Waals surface area contributed by atoms with Crippen LogP contribution in [-0.2, 0) is 9.09 Å². The smallest absolute Gasteiger partial charge is 0.414 e. The normalized spacial score (nSPS) is 13.8. The Hall–Kier alpha value is -0.940. The van der Waals surface area contributed by atoms with E-state index >= 15 is 0 Å². The van der Waals surface area contributed by atoms with Crippen molar-refractivity contribution in [2.45, 2.75) is 20.3 Å². The predicted molar refractivity (Wildman–Crippen MR) is 91.2 cm³/mol. The molecule has 1 aromatic carbocycles. The molecule has 0 spiro atoms. The predicted octanol–water partition coefficient (Wildman–Crippen LogP) is 5.19. The van der Waals surface area contributed by atoms with Gasteiger partial charge in [0.1, 0.15) is 0 Å². The molecular weight excluding hydrogens is 343 g/mol. The summed E-state index contributed by atoms with van der Waals surface area (Å²) in [7, 11) is 0. The first-order chi connectivity index (χ1) is 10.6. The molecule has 2 rings (SSSR count). The highest BCUT2D eigenvalue weighted by atomic mass is 35.5. The summed E-state index contributed by atoms with van der Waals surface area (Å²) in [5.41, 5.74) is 0.840. The molecule has 1 unspecified atom stereocenters. The van der Waals surface area contributed by atoms with E-state index in [0.29, 0.717) is 23.1 Å². The molecule has 120 valence electrons. The Morgan fingerprint density at radius 1 is 1.32 bits per heavy atom. The van der Waals surface area contributed by atoms with Crippen molar-refractivity contribution in [3.63, 3.8) is 0 Å². The number of nitrogens with zero attached hydrogens (tertiary/aromatic N) is 2. The quantitative estimate of drug-likeness (QED) is 0.606. The fourth-order valence-corrected chi connectivity index (χ4v) is 5.22. The Morgan fingerprint density at radius 3 is 2.68 bits per heavy atom. The van der Waals surface area contributed by atoms with Crippen LogP contribution in [0.15, 0.2) is 36.7 Å². The zero-order valence-corrected chi connectivity index (χ0v) is 14.9. The fraction of sp³-hybridized carbons (Fsp3) is 0.357. The number of hydrogen-bond acceptors (Lipinski definition) is 5. The van der Waals surface area contributed by atoms with Crippen molar-refractivity contribution in [1.29, 1.82) is 0 Å². The van der Waals surface area contributed by atoms with Gasteiger partial charge in [-0.3, -0.25) is 4.52 Å². The molecule has 8 heteroatoms. The van der Waals surface area contributed by atoms with Crippen LogP contribution in [0.3, 0.4) is 0 Å². The average Bonchev–Trinajstić information content (AvgIpc) is 2.94. The second-order valence-electron chi connectivity index (χ2n) is 4.39. The number of hydrogen-bond donors (Lipinski definition) is 0. The summed E-state index contributed by atoms with van der Waals surface area (Å²) in [6.07, 6.45) is 4.09. The maximum Gasteiger partial charge on any atom is 0.440 e. The van der Waals surface area contributed by atoms with Crippen LogP contribution < -0.4 is 4.52 Å². The van der Waals surface area contributed by atoms with Crippen LogP contribution >= 0.6 is 29.8 Å². The summed E-state index contributed by atoms with van der Waals surface area (Å²) in [6.45, 7) is 0.938. The first kappa shape index (κ1) is 17.4. The summed E-state index contributed by atoms with van der Waals surface area (Å²) < 4.78 is 25.1. The Morgan fingerprint density at radius 2 is 2.05 bits per heavy atom.